The zero-order chi connectivity index (χ0) is 9.97. The zero-order valence-corrected chi connectivity index (χ0v) is 8.54. The highest BCUT2D eigenvalue weighted by atomic mass is 16.5. The summed E-state index contributed by atoms with van der Waals surface area (Å²) in [4.78, 5) is 2.45. The van der Waals surface area contributed by atoms with Crippen LogP contribution in [0.2, 0.25) is 0 Å². The molecule has 2 atom stereocenters. The van der Waals surface area contributed by atoms with E-state index in [0.29, 0.717) is 11.9 Å². The average Bonchev–Trinajstić information content (AvgIpc) is 2.71. The number of rotatable bonds is 2. The van der Waals surface area contributed by atoms with E-state index >= 15 is 0 Å². The fraction of sp³-hybridized carbons (Fsp3) is 0.900. The summed E-state index contributed by atoms with van der Waals surface area (Å²) in [7, 11) is 0. The van der Waals surface area contributed by atoms with Gasteiger partial charge in [0.2, 0.25) is 0 Å². The van der Waals surface area contributed by atoms with Crippen molar-refractivity contribution in [3.05, 3.63) is 0 Å². The molecule has 2 saturated heterocycles. The molecule has 2 heterocycles. The smallest absolute Gasteiger partial charge is 0.0949 e. The Morgan fingerprint density at radius 2 is 2.29 bits per heavy atom. The second-order valence-electron chi connectivity index (χ2n) is 4.31. The molecule has 4 nitrogen and oxygen atoms in total. The minimum Gasteiger partial charge on any atom is -0.387 e. The molecule has 2 aliphatic rings. The van der Waals surface area contributed by atoms with E-state index in [0.717, 1.165) is 39.1 Å². The summed E-state index contributed by atoms with van der Waals surface area (Å²) < 4.78 is 5.38. The Kier molecular flexibility index (Phi) is 3.03. The SMILES string of the molecule is N=C(N)C1CCCN(C2CCOC2)C1. The van der Waals surface area contributed by atoms with Gasteiger partial charge in [-0.15, -0.1) is 0 Å². The largest absolute Gasteiger partial charge is 0.387 e. The van der Waals surface area contributed by atoms with Crippen molar-refractivity contribution < 1.29 is 4.74 Å². The number of amidine groups is 1. The highest BCUT2D eigenvalue weighted by Crippen LogP contribution is 2.21. The van der Waals surface area contributed by atoms with Crippen LogP contribution >= 0.6 is 0 Å². The minimum absolute atomic E-state index is 0.282. The number of hydrogen-bond acceptors (Lipinski definition) is 3. The number of ether oxygens (including phenoxy) is 1. The lowest BCUT2D eigenvalue weighted by Crippen LogP contribution is -2.46. The Labute approximate surface area is 84.9 Å². The van der Waals surface area contributed by atoms with Crippen LogP contribution in [0.1, 0.15) is 19.3 Å². The molecule has 0 saturated carbocycles. The Morgan fingerprint density at radius 1 is 1.43 bits per heavy atom. The topological polar surface area (TPSA) is 62.3 Å². The monoisotopic (exact) mass is 197 g/mol. The highest BCUT2D eigenvalue weighted by molar-refractivity contribution is 5.79. The summed E-state index contributed by atoms with van der Waals surface area (Å²) in [6.07, 6.45) is 3.39. The van der Waals surface area contributed by atoms with Gasteiger partial charge in [0.1, 0.15) is 0 Å². The first kappa shape index (κ1) is 9.93. The Hall–Kier alpha value is -0.610. The number of hydrogen-bond donors (Lipinski definition) is 2. The van der Waals surface area contributed by atoms with Crippen LogP contribution in [0.4, 0.5) is 0 Å². The Balaban J connectivity index is 1.89. The average molecular weight is 197 g/mol. The minimum atomic E-state index is 0.282. The summed E-state index contributed by atoms with van der Waals surface area (Å²) in [5, 5.41) is 7.47. The van der Waals surface area contributed by atoms with Crippen LogP contribution in [-0.4, -0.2) is 43.1 Å². The quantitative estimate of drug-likeness (QED) is 0.498. The van der Waals surface area contributed by atoms with Crippen LogP contribution in [0.25, 0.3) is 0 Å². The maximum absolute atomic E-state index is 7.47. The lowest BCUT2D eigenvalue weighted by Gasteiger charge is -2.35. The van der Waals surface area contributed by atoms with E-state index in [1.165, 1.54) is 6.42 Å². The van der Waals surface area contributed by atoms with Crippen LogP contribution in [0.5, 0.6) is 0 Å². The molecule has 3 N–H and O–H groups in total. The molecular weight excluding hydrogens is 178 g/mol. The maximum atomic E-state index is 7.47. The van der Waals surface area contributed by atoms with Gasteiger partial charge in [0.15, 0.2) is 0 Å². The fourth-order valence-corrected chi connectivity index (χ4v) is 2.40. The highest BCUT2D eigenvalue weighted by Gasteiger charge is 2.29. The normalized spacial score (nSPS) is 34.6. The third-order valence-corrected chi connectivity index (χ3v) is 3.31. The van der Waals surface area contributed by atoms with Gasteiger partial charge in [-0.05, 0) is 25.8 Å². The molecular formula is C10H19N3O. The van der Waals surface area contributed by atoms with Crippen LogP contribution in [-0.2, 0) is 4.74 Å². The first-order chi connectivity index (χ1) is 6.77. The lowest BCUT2D eigenvalue weighted by molar-refractivity contribution is 0.117. The summed E-state index contributed by atoms with van der Waals surface area (Å²) in [6, 6.07) is 0.581. The van der Waals surface area contributed by atoms with Crippen LogP contribution in [0, 0.1) is 11.3 Å². The molecule has 0 spiro atoms. The van der Waals surface area contributed by atoms with E-state index in [1.807, 2.05) is 0 Å². The van der Waals surface area contributed by atoms with Crippen molar-refractivity contribution in [2.75, 3.05) is 26.3 Å². The van der Waals surface area contributed by atoms with Crippen molar-refractivity contribution in [2.24, 2.45) is 11.7 Å². The molecule has 2 rings (SSSR count). The van der Waals surface area contributed by atoms with E-state index in [1.54, 1.807) is 0 Å². The molecule has 0 radical (unpaired) electrons. The van der Waals surface area contributed by atoms with Crippen molar-refractivity contribution in [2.45, 2.75) is 25.3 Å². The van der Waals surface area contributed by atoms with Gasteiger partial charge in [0.25, 0.3) is 0 Å². The molecule has 2 unspecified atom stereocenters. The molecule has 2 aliphatic heterocycles. The second kappa shape index (κ2) is 4.28. The van der Waals surface area contributed by atoms with Gasteiger partial charge in [0.05, 0.1) is 12.4 Å². The first-order valence-electron chi connectivity index (χ1n) is 5.43. The first-order valence-corrected chi connectivity index (χ1v) is 5.43. The predicted molar refractivity (Wildman–Crippen MR) is 55.4 cm³/mol. The van der Waals surface area contributed by atoms with Crippen LogP contribution in [0.3, 0.4) is 0 Å². The van der Waals surface area contributed by atoms with Gasteiger partial charge in [0, 0.05) is 25.1 Å². The van der Waals surface area contributed by atoms with E-state index in [9.17, 15) is 0 Å². The van der Waals surface area contributed by atoms with Crippen molar-refractivity contribution in [3.63, 3.8) is 0 Å². The predicted octanol–water partition coefficient (Wildman–Crippen LogP) is 0.423. The van der Waals surface area contributed by atoms with Crippen molar-refractivity contribution >= 4 is 5.84 Å². The number of piperidine rings is 1. The molecule has 2 fully saturated rings. The zero-order valence-electron chi connectivity index (χ0n) is 8.54. The molecule has 80 valence electrons. The maximum Gasteiger partial charge on any atom is 0.0949 e. The van der Waals surface area contributed by atoms with Crippen LogP contribution in [0.15, 0.2) is 0 Å². The van der Waals surface area contributed by atoms with Crippen LogP contribution < -0.4 is 5.73 Å². The number of nitrogens with one attached hydrogen (secondary N) is 1. The van der Waals surface area contributed by atoms with Crippen molar-refractivity contribution in [3.8, 4) is 0 Å². The molecule has 0 bridgehead atoms. The van der Waals surface area contributed by atoms with Crippen molar-refractivity contribution in [1.29, 1.82) is 5.41 Å². The third-order valence-electron chi connectivity index (χ3n) is 3.31. The molecule has 0 amide bonds. The molecule has 4 heteroatoms. The van der Waals surface area contributed by atoms with Gasteiger partial charge in [-0.2, -0.15) is 0 Å². The Bertz CT molecular complexity index is 213. The molecule has 0 aromatic carbocycles. The number of nitrogens with two attached hydrogens (primary N) is 1. The summed E-state index contributed by atoms with van der Waals surface area (Å²) >= 11 is 0. The molecule has 0 aromatic heterocycles. The van der Waals surface area contributed by atoms with E-state index in [-0.39, 0.29) is 5.92 Å². The number of likely N-dealkylation sites (tertiary alicyclic amines) is 1. The second-order valence-corrected chi connectivity index (χ2v) is 4.31. The molecule has 14 heavy (non-hydrogen) atoms. The van der Waals surface area contributed by atoms with Gasteiger partial charge < -0.3 is 10.5 Å². The van der Waals surface area contributed by atoms with E-state index in [2.05, 4.69) is 4.90 Å². The molecule has 0 aromatic rings. The van der Waals surface area contributed by atoms with Crippen molar-refractivity contribution in [1.82, 2.24) is 4.90 Å². The summed E-state index contributed by atoms with van der Waals surface area (Å²) in [5.74, 6) is 0.637. The van der Waals surface area contributed by atoms with E-state index < -0.39 is 0 Å². The van der Waals surface area contributed by atoms with Gasteiger partial charge in [-0.25, -0.2) is 0 Å². The summed E-state index contributed by atoms with van der Waals surface area (Å²) in [6.45, 7) is 3.87. The lowest BCUT2D eigenvalue weighted by atomic mass is 9.95. The standard InChI is InChI=1S/C10H19N3O/c11-10(12)8-2-1-4-13(6-8)9-3-5-14-7-9/h8-9H,1-7H2,(H3,11,12). The third kappa shape index (κ3) is 2.07. The van der Waals surface area contributed by atoms with Gasteiger partial charge in [-0.1, -0.05) is 0 Å². The van der Waals surface area contributed by atoms with Gasteiger partial charge >= 0.3 is 0 Å². The van der Waals surface area contributed by atoms with E-state index in [4.69, 9.17) is 15.9 Å². The Morgan fingerprint density at radius 3 is 2.93 bits per heavy atom. The summed E-state index contributed by atoms with van der Waals surface area (Å²) in [5.41, 5.74) is 5.55. The number of nitrogens with zero attached hydrogens (tertiary/aromatic N) is 1. The van der Waals surface area contributed by atoms with Gasteiger partial charge in [-0.3, -0.25) is 10.3 Å². The fourth-order valence-electron chi connectivity index (χ4n) is 2.40. The molecule has 0 aliphatic carbocycles.